The summed E-state index contributed by atoms with van der Waals surface area (Å²) in [5.74, 6) is 2.06. The van der Waals surface area contributed by atoms with Gasteiger partial charge in [0.1, 0.15) is 12.4 Å². The van der Waals surface area contributed by atoms with Gasteiger partial charge in [0.2, 0.25) is 0 Å². The average Bonchev–Trinajstić information content (AvgIpc) is 3.17. The molecule has 0 aliphatic heterocycles. The van der Waals surface area contributed by atoms with Gasteiger partial charge < -0.3 is 0 Å². The summed E-state index contributed by atoms with van der Waals surface area (Å²) in [5, 5.41) is 0. The molecule has 0 aliphatic carbocycles. The molecule has 1 aromatic heterocycles. The zero-order chi connectivity index (χ0) is 22.2. The Morgan fingerprint density at radius 1 is 0.667 bits per heavy atom. The fourth-order valence-electron chi connectivity index (χ4n) is 4.79. The summed E-state index contributed by atoms with van der Waals surface area (Å²) in [5.41, 5.74) is 0. The van der Waals surface area contributed by atoms with Gasteiger partial charge in [-0.15, -0.1) is 0 Å². The lowest BCUT2D eigenvalue weighted by molar-refractivity contribution is -0.727. The first-order valence-corrected chi connectivity index (χ1v) is 13.6. The van der Waals surface area contributed by atoms with E-state index < -0.39 is 0 Å². The number of hydrogen-bond acceptors (Lipinski definition) is 0. The normalized spacial score (nSPS) is 12.9. The van der Waals surface area contributed by atoms with Crippen LogP contribution in [0.25, 0.3) is 0 Å². The van der Waals surface area contributed by atoms with E-state index >= 15 is 0 Å². The van der Waals surface area contributed by atoms with E-state index in [1.165, 1.54) is 109 Å². The molecule has 0 N–H and O–H groups in total. The predicted octanol–water partition coefficient (Wildman–Crippen LogP) is 9.30. The van der Waals surface area contributed by atoms with Gasteiger partial charge in [-0.1, -0.05) is 111 Å². The monoisotopic (exact) mass is 419 g/mol. The van der Waals surface area contributed by atoms with E-state index in [1.54, 1.807) is 0 Å². The van der Waals surface area contributed by atoms with Crippen LogP contribution >= 0.6 is 0 Å². The Hall–Kier alpha value is -0.790. The van der Waals surface area contributed by atoms with Gasteiger partial charge in [0.15, 0.2) is 0 Å². The standard InChI is InChI=1S/C28H55N2/c1-7-8-9-10-11-12-13-14-15-16-17-18-19-20-21-22-27(6)30-24-23-29(26(4)5)28(30)25(2)3/h23-27H,7-22H2,1-6H3/q+1. The molecular formula is C28H55N2+. The van der Waals surface area contributed by atoms with Crippen LogP contribution in [0.4, 0.5) is 0 Å². The Labute approximate surface area is 189 Å². The van der Waals surface area contributed by atoms with E-state index in [0.717, 1.165) is 0 Å². The quantitative estimate of drug-likeness (QED) is 0.156. The highest BCUT2D eigenvalue weighted by atomic mass is 15.2. The van der Waals surface area contributed by atoms with Gasteiger partial charge in [-0.05, 0) is 33.6 Å². The minimum atomic E-state index is 0.543. The first-order chi connectivity index (χ1) is 14.5. The van der Waals surface area contributed by atoms with Crippen LogP contribution in [0, 0.1) is 0 Å². The first-order valence-electron chi connectivity index (χ1n) is 13.6. The molecule has 1 unspecified atom stereocenters. The van der Waals surface area contributed by atoms with Crippen molar-refractivity contribution in [1.82, 2.24) is 4.57 Å². The smallest absolute Gasteiger partial charge is 0.232 e. The SMILES string of the molecule is CCCCCCCCCCCCCCCCCC(C)[n+]1ccn(C(C)C)c1C(C)C. The van der Waals surface area contributed by atoms with E-state index in [9.17, 15) is 0 Å². The largest absolute Gasteiger partial charge is 0.259 e. The van der Waals surface area contributed by atoms with Crippen LogP contribution in [0.3, 0.4) is 0 Å². The van der Waals surface area contributed by atoms with Crippen molar-refractivity contribution < 1.29 is 4.57 Å². The van der Waals surface area contributed by atoms with Gasteiger partial charge >= 0.3 is 0 Å². The molecule has 1 aromatic rings. The molecule has 30 heavy (non-hydrogen) atoms. The fraction of sp³-hybridized carbons (Fsp3) is 0.893. The van der Waals surface area contributed by atoms with Crippen LogP contribution < -0.4 is 4.57 Å². The lowest BCUT2D eigenvalue weighted by Crippen LogP contribution is -2.41. The minimum absolute atomic E-state index is 0.543. The van der Waals surface area contributed by atoms with Crippen molar-refractivity contribution >= 4 is 0 Å². The average molecular weight is 420 g/mol. The topological polar surface area (TPSA) is 8.81 Å². The Kier molecular flexibility index (Phi) is 15.3. The van der Waals surface area contributed by atoms with Gasteiger partial charge in [0.05, 0.1) is 18.0 Å². The Balaban J connectivity index is 2.03. The Bertz CT molecular complexity index is 515. The van der Waals surface area contributed by atoms with Crippen molar-refractivity contribution in [3.63, 3.8) is 0 Å². The second-order valence-electron chi connectivity index (χ2n) is 10.3. The molecule has 0 radical (unpaired) electrons. The second kappa shape index (κ2) is 16.8. The molecule has 1 heterocycles. The first kappa shape index (κ1) is 27.2. The molecule has 2 nitrogen and oxygen atoms in total. The molecule has 1 atom stereocenters. The summed E-state index contributed by atoms with van der Waals surface area (Å²) in [6.45, 7) is 13.9. The van der Waals surface area contributed by atoms with E-state index in [-0.39, 0.29) is 0 Å². The van der Waals surface area contributed by atoms with Gasteiger partial charge in [0, 0.05) is 0 Å². The third kappa shape index (κ3) is 11.0. The molecule has 0 saturated carbocycles. The van der Waals surface area contributed by atoms with Crippen molar-refractivity contribution in [3.8, 4) is 0 Å². The molecule has 0 amide bonds. The summed E-state index contributed by atoms with van der Waals surface area (Å²) in [4.78, 5) is 0. The summed E-state index contributed by atoms with van der Waals surface area (Å²) >= 11 is 0. The maximum atomic E-state index is 2.54. The second-order valence-corrected chi connectivity index (χ2v) is 10.3. The van der Waals surface area contributed by atoms with Crippen LogP contribution in [-0.4, -0.2) is 4.57 Å². The molecule has 0 bridgehead atoms. The van der Waals surface area contributed by atoms with Crippen molar-refractivity contribution in [1.29, 1.82) is 0 Å². The fourth-order valence-corrected chi connectivity index (χ4v) is 4.79. The zero-order valence-electron chi connectivity index (χ0n) is 21.6. The highest BCUT2D eigenvalue weighted by Gasteiger charge is 2.25. The molecule has 1 rings (SSSR count). The molecule has 0 spiro atoms. The number of nitrogens with zero attached hydrogens (tertiary/aromatic N) is 2. The molecular weight excluding hydrogens is 364 g/mol. The zero-order valence-corrected chi connectivity index (χ0v) is 21.6. The number of imidazole rings is 1. The van der Waals surface area contributed by atoms with Crippen LogP contribution in [0.5, 0.6) is 0 Å². The van der Waals surface area contributed by atoms with E-state index in [4.69, 9.17) is 0 Å². The summed E-state index contributed by atoms with van der Waals surface area (Å²) in [6.07, 6.45) is 27.5. The number of aromatic nitrogens is 2. The lowest BCUT2D eigenvalue weighted by atomic mass is 10.0. The van der Waals surface area contributed by atoms with Gasteiger partial charge in [0.25, 0.3) is 5.82 Å². The maximum absolute atomic E-state index is 2.54. The summed E-state index contributed by atoms with van der Waals surface area (Å²) < 4.78 is 4.99. The molecule has 0 aliphatic rings. The van der Waals surface area contributed by atoms with Crippen LogP contribution in [-0.2, 0) is 0 Å². The van der Waals surface area contributed by atoms with Crippen LogP contribution in [0.15, 0.2) is 12.4 Å². The van der Waals surface area contributed by atoms with Gasteiger partial charge in [-0.2, -0.15) is 0 Å². The molecule has 0 aromatic carbocycles. The number of hydrogen-bond donors (Lipinski definition) is 0. The Morgan fingerprint density at radius 3 is 1.50 bits per heavy atom. The molecule has 0 fully saturated rings. The predicted molar refractivity (Wildman–Crippen MR) is 133 cm³/mol. The van der Waals surface area contributed by atoms with E-state index in [1.807, 2.05) is 0 Å². The van der Waals surface area contributed by atoms with Crippen molar-refractivity contribution in [2.45, 2.75) is 162 Å². The molecule has 0 saturated heterocycles. The van der Waals surface area contributed by atoms with E-state index in [0.29, 0.717) is 18.0 Å². The number of unbranched alkanes of at least 4 members (excludes halogenated alkanes) is 14. The summed E-state index contributed by atoms with van der Waals surface area (Å²) in [6, 6.07) is 1.16. The lowest BCUT2D eigenvalue weighted by Gasteiger charge is -2.15. The Morgan fingerprint density at radius 2 is 1.10 bits per heavy atom. The summed E-state index contributed by atoms with van der Waals surface area (Å²) in [7, 11) is 0. The highest BCUT2D eigenvalue weighted by Crippen LogP contribution is 2.20. The van der Waals surface area contributed by atoms with Crippen molar-refractivity contribution in [3.05, 3.63) is 18.2 Å². The maximum Gasteiger partial charge on any atom is 0.259 e. The molecule has 2 heteroatoms. The van der Waals surface area contributed by atoms with Crippen molar-refractivity contribution in [2.75, 3.05) is 0 Å². The third-order valence-electron chi connectivity index (χ3n) is 6.69. The molecule has 176 valence electrons. The van der Waals surface area contributed by atoms with Gasteiger partial charge in [-0.25, -0.2) is 9.13 Å². The highest BCUT2D eigenvalue weighted by molar-refractivity contribution is 4.92. The minimum Gasteiger partial charge on any atom is -0.232 e. The van der Waals surface area contributed by atoms with E-state index in [2.05, 4.69) is 63.1 Å². The van der Waals surface area contributed by atoms with Gasteiger partial charge in [-0.3, -0.25) is 0 Å². The van der Waals surface area contributed by atoms with Crippen LogP contribution in [0.1, 0.15) is 168 Å². The number of rotatable bonds is 19. The third-order valence-corrected chi connectivity index (χ3v) is 6.69. The van der Waals surface area contributed by atoms with Crippen molar-refractivity contribution in [2.24, 2.45) is 0 Å². The van der Waals surface area contributed by atoms with Crippen LogP contribution in [0.2, 0.25) is 0 Å².